The number of hydrogen-bond acceptors (Lipinski definition) is 18. The second-order valence-corrected chi connectivity index (χ2v) is 22.2. The largest absolute Gasteiger partial charge is 0.394 e. The summed E-state index contributed by atoms with van der Waals surface area (Å²) in [5, 5.41) is 120. The molecule has 19 heteroatoms. The molecular formula is C59H109NO18. The van der Waals surface area contributed by atoms with Crippen LogP contribution in [0, 0.1) is 0 Å². The molecule has 3 aliphatic rings. The summed E-state index contributed by atoms with van der Waals surface area (Å²) >= 11 is 0. The third-order valence-corrected chi connectivity index (χ3v) is 15.5. The molecule has 3 rings (SSSR count). The summed E-state index contributed by atoms with van der Waals surface area (Å²) < 4.78 is 34.3. The Kier molecular flexibility index (Phi) is 38.9. The van der Waals surface area contributed by atoms with Gasteiger partial charge >= 0.3 is 0 Å². The zero-order valence-corrected chi connectivity index (χ0v) is 47.7. The number of nitrogens with one attached hydrogen (secondary N) is 1. The van der Waals surface area contributed by atoms with Crippen LogP contribution in [0.5, 0.6) is 0 Å². The zero-order chi connectivity index (χ0) is 56.9. The van der Waals surface area contributed by atoms with Gasteiger partial charge in [-0.05, 0) is 44.9 Å². The van der Waals surface area contributed by atoms with E-state index in [0.29, 0.717) is 12.8 Å². The summed E-state index contributed by atoms with van der Waals surface area (Å²) in [7, 11) is 0. The predicted molar refractivity (Wildman–Crippen MR) is 296 cm³/mol. The molecule has 0 bridgehead atoms. The van der Waals surface area contributed by atoms with Crippen molar-refractivity contribution >= 4 is 5.91 Å². The molecule has 0 aromatic carbocycles. The highest BCUT2D eigenvalue weighted by atomic mass is 16.8. The van der Waals surface area contributed by atoms with Crippen molar-refractivity contribution in [2.45, 2.75) is 317 Å². The van der Waals surface area contributed by atoms with Crippen LogP contribution >= 0.6 is 0 Å². The molecule has 0 aliphatic carbocycles. The lowest BCUT2D eigenvalue weighted by Gasteiger charge is -2.48. The Balaban J connectivity index is 1.49. The number of unbranched alkanes of at least 4 members (excludes halogenated alkanes) is 25. The van der Waals surface area contributed by atoms with Crippen molar-refractivity contribution in [3.8, 4) is 0 Å². The van der Waals surface area contributed by atoms with Crippen LogP contribution in [-0.4, -0.2) is 193 Å². The zero-order valence-electron chi connectivity index (χ0n) is 47.7. The first-order chi connectivity index (χ1) is 37.8. The Morgan fingerprint density at radius 1 is 0.462 bits per heavy atom. The maximum atomic E-state index is 13.3. The molecule has 19 nitrogen and oxygen atoms in total. The van der Waals surface area contributed by atoms with E-state index < -0.39 is 124 Å². The first-order valence-corrected chi connectivity index (χ1v) is 30.6. The van der Waals surface area contributed by atoms with E-state index in [1.54, 1.807) is 0 Å². The van der Waals surface area contributed by atoms with Gasteiger partial charge in [0.1, 0.15) is 73.2 Å². The highest BCUT2D eigenvalue weighted by molar-refractivity contribution is 5.76. The lowest BCUT2D eigenvalue weighted by atomic mass is 9.96. The van der Waals surface area contributed by atoms with Crippen molar-refractivity contribution in [2.24, 2.45) is 0 Å². The van der Waals surface area contributed by atoms with Crippen LogP contribution < -0.4 is 5.32 Å². The van der Waals surface area contributed by atoms with E-state index in [1.807, 2.05) is 0 Å². The van der Waals surface area contributed by atoms with Crippen LogP contribution in [0.2, 0.25) is 0 Å². The lowest BCUT2D eigenvalue weighted by Crippen LogP contribution is -2.66. The topological polar surface area (TPSA) is 307 Å². The Hall–Kier alpha value is -1.73. The molecule has 17 atom stereocenters. The van der Waals surface area contributed by atoms with Gasteiger partial charge in [-0.3, -0.25) is 4.79 Å². The summed E-state index contributed by atoms with van der Waals surface area (Å²) in [6.45, 7) is 1.76. The normalized spacial score (nSPS) is 30.6. The van der Waals surface area contributed by atoms with Crippen molar-refractivity contribution in [1.29, 1.82) is 0 Å². The van der Waals surface area contributed by atoms with Gasteiger partial charge in [-0.25, -0.2) is 0 Å². The molecule has 1 amide bonds. The van der Waals surface area contributed by atoms with E-state index in [0.717, 1.165) is 57.8 Å². The quantitative estimate of drug-likeness (QED) is 0.0263. The predicted octanol–water partition coefficient (Wildman–Crippen LogP) is 5.54. The van der Waals surface area contributed by atoms with Crippen molar-refractivity contribution in [1.82, 2.24) is 5.32 Å². The fourth-order valence-corrected chi connectivity index (χ4v) is 10.5. The number of amides is 1. The summed E-state index contributed by atoms with van der Waals surface area (Å²) in [5.74, 6) is -0.247. The van der Waals surface area contributed by atoms with Gasteiger partial charge in [-0.1, -0.05) is 186 Å². The monoisotopic (exact) mass is 1120 g/mol. The van der Waals surface area contributed by atoms with Crippen LogP contribution in [0.1, 0.15) is 213 Å². The molecule has 0 radical (unpaired) electrons. The van der Waals surface area contributed by atoms with Gasteiger partial charge in [0.15, 0.2) is 18.9 Å². The van der Waals surface area contributed by atoms with Gasteiger partial charge in [-0.2, -0.15) is 0 Å². The number of carbonyl (C=O) groups excluding carboxylic acids is 1. The second kappa shape index (κ2) is 43.0. The first kappa shape index (κ1) is 70.5. The maximum Gasteiger partial charge on any atom is 0.220 e. The molecular weight excluding hydrogens is 1010 g/mol. The molecule has 0 aromatic rings. The molecule has 3 aliphatic heterocycles. The van der Waals surface area contributed by atoms with Crippen molar-refractivity contribution in [3.05, 3.63) is 24.3 Å². The van der Waals surface area contributed by atoms with Crippen molar-refractivity contribution in [2.75, 3.05) is 26.4 Å². The van der Waals surface area contributed by atoms with Gasteiger partial charge in [0, 0.05) is 6.42 Å². The van der Waals surface area contributed by atoms with E-state index >= 15 is 0 Å². The SMILES string of the molecule is CCCCC/C=C\C/C=C\CCCCCCCCCCCC(=O)NC(COC1OC(CO)C(OC2OC(CO)C(OC3OC(CO)C(O)C(O)C3O)C(O)C2O)C(O)C1O)C(O)CCCCCCCCCCCCCCCC. The minimum Gasteiger partial charge on any atom is -0.394 e. The second-order valence-electron chi connectivity index (χ2n) is 22.2. The van der Waals surface area contributed by atoms with Crippen LogP contribution in [0.15, 0.2) is 24.3 Å². The standard InChI is InChI=1S/C59H109NO18/c1-3-5-7-9-11-13-15-17-19-20-21-22-23-25-27-29-31-33-35-37-47(65)60-42(43(64)36-34-32-30-28-26-24-18-16-14-12-10-8-6-4-2)41-73-57-53(71)50(68)55(45(39-62)75-57)78-59-54(72)51(69)56(46(40-63)76-59)77-58-52(70)49(67)48(66)44(38-61)74-58/h11,13,17,19,42-46,48-59,61-64,66-72H,3-10,12,14-16,18,20-41H2,1-2H3,(H,60,65)/b13-11-,19-17-. The van der Waals surface area contributed by atoms with Crippen LogP contribution in [0.3, 0.4) is 0 Å². The first-order valence-electron chi connectivity index (χ1n) is 30.6. The Morgan fingerprint density at radius 3 is 1.33 bits per heavy atom. The summed E-state index contributed by atoms with van der Waals surface area (Å²) in [6, 6.07) is -0.887. The molecule has 0 saturated carbocycles. The number of carbonyl (C=O) groups is 1. The maximum absolute atomic E-state index is 13.3. The van der Waals surface area contributed by atoms with E-state index in [2.05, 4.69) is 43.5 Å². The van der Waals surface area contributed by atoms with Gasteiger partial charge < -0.3 is 89.9 Å². The molecule has 78 heavy (non-hydrogen) atoms. The van der Waals surface area contributed by atoms with Crippen LogP contribution in [0.25, 0.3) is 0 Å². The van der Waals surface area contributed by atoms with Gasteiger partial charge in [0.2, 0.25) is 5.91 Å². The number of aliphatic hydroxyl groups is 11. The highest BCUT2D eigenvalue weighted by Gasteiger charge is 2.53. The molecule has 12 N–H and O–H groups in total. The molecule has 3 heterocycles. The van der Waals surface area contributed by atoms with Crippen LogP contribution in [-0.2, 0) is 33.2 Å². The Labute approximate surface area is 467 Å². The van der Waals surface area contributed by atoms with E-state index in [-0.39, 0.29) is 18.9 Å². The average Bonchev–Trinajstić information content (AvgIpc) is 3.45. The van der Waals surface area contributed by atoms with Gasteiger partial charge in [-0.15, -0.1) is 0 Å². The smallest absolute Gasteiger partial charge is 0.220 e. The lowest BCUT2D eigenvalue weighted by molar-refractivity contribution is -0.379. The average molecular weight is 1120 g/mol. The third-order valence-electron chi connectivity index (χ3n) is 15.5. The molecule has 0 spiro atoms. The third kappa shape index (κ3) is 26.7. The summed E-state index contributed by atoms with van der Waals surface area (Å²) in [6.07, 6.45) is 16.8. The summed E-state index contributed by atoms with van der Waals surface area (Å²) in [5.41, 5.74) is 0. The number of allylic oxidation sites excluding steroid dienone is 4. The molecule has 3 saturated heterocycles. The molecule has 3 fully saturated rings. The Bertz CT molecular complexity index is 1530. The van der Waals surface area contributed by atoms with Gasteiger partial charge in [0.05, 0.1) is 38.6 Å². The van der Waals surface area contributed by atoms with Crippen LogP contribution in [0.4, 0.5) is 0 Å². The number of ether oxygens (including phenoxy) is 6. The minimum absolute atomic E-state index is 0.247. The molecule has 0 aromatic heterocycles. The fraction of sp³-hybridized carbons (Fsp3) is 0.915. The Morgan fingerprint density at radius 2 is 0.846 bits per heavy atom. The highest BCUT2D eigenvalue weighted by Crippen LogP contribution is 2.33. The number of aliphatic hydroxyl groups excluding tert-OH is 11. The van der Waals surface area contributed by atoms with E-state index in [9.17, 15) is 61.0 Å². The number of rotatable bonds is 45. The minimum atomic E-state index is -1.97. The fourth-order valence-electron chi connectivity index (χ4n) is 10.5. The van der Waals surface area contributed by atoms with E-state index in [4.69, 9.17) is 28.4 Å². The molecule has 17 unspecified atom stereocenters. The van der Waals surface area contributed by atoms with Crippen molar-refractivity contribution in [3.63, 3.8) is 0 Å². The number of hydrogen-bond donors (Lipinski definition) is 12. The summed E-state index contributed by atoms with van der Waals surface area (Å²) in [4.78, 5) is 13.3. The molecule has 458 valence electrons. The van der Waals surface area contributed by atoms with Gasteiger partial charge in [0.25, 0.3) is 0 Å². The van der Waals surface area contributed by atoms with Crippen molar-refractivity contribution < 1.29 is 89.4 Å². The van der Waals surface area contributed by atoms with E-state index in [1.165, 1.54) is 122 Å².